The van der Waals surface area contributed by atoms with E-state index in [1.807, 2.05) is 13.8 Å². The molecular weight excluding hydrogens is 490 g/mol. The van der Waals surface area contributed by atoms with Crippen LogP contribution >= 0.6 is 0 Å². The number of aliphatic hydroxyl groups is 3. The monoisotopic (exact) mass is 527 g/mol. The summed E-state index contributed by atoms with van der Waals surface area (Å²) in [7, 11) is 0. The van der Waals surface area contributed by atoms with Crippen LogP contribution in [0, 0.1) is 0 Å². The second-order valence-corrected chi connectivity index (χ2v) is 10.2. The highest BCUT2D eigenvalue weighted by atomic mass is 19.3. The molecule has 4 unspecified atom stereocenters. The molecule has 9 nitrogen and oxygen atoms in total. The summed E-state index contributed by atoms with van der Waals surface area (Å²) in [5, 5.41) is 32.8. The fourth-order valence-corrected chi connectivity index (χ4v) is 5.63. The Morgan fingerprint density at radius 3 is 2.22 bits per heavy atom. The maximum Gasteiger partial charge on any atom is 0.319 e. The Labute approximate surface area is 215 Å². The molecule has 4 N–H and O–H groups in total. The zero-order valence-corrected chi connectivity index (χ0v) is 21.6. The first kappa shape index (κ1) is 29.2. The largest absolute Gasteiger partial charge is 0.394 e. The number of rotatable bonds is 10. The second-order valence-electron chi connectivity index (χ2n) is 10.2. The van der Waals surface area contributed by atoms with Crippen molar-refractivity contribution >= 4 is 23.3 Å². The van der Waals surface area contributed by atoms with Gasteiger partial charge < -0.3 is 30.2 Å². The number of Topliss-reactive ketones (excluding diaryl/α,β-unsaturated/α-hetero) is 1. The molecule has 1 aromatic rings. The average Bonchev–Trinajstić information content (AvgIpc) is 3.38. The van der Waals surface area contributed by atoms with Gasteiger partial charge in [-0.1, -0.05) is 6.07 Å². The van der Waals surface area contributed by atoms with Gasteiger partial charge in [-0.25, -0.2) is 18.1 Å². The molecule has 2 saturated heterocycles. The fraction of sp³-hybridized carbons (Fsp3) is 0.654. The van der Waals surface area contributed by atoms with Crippen LogP contribution in [0.5, 0.6) is 0 Å². The van der Waals surface area contributed by atoms with Crippen LogP contribution in [0.3, 0.4) is 0 Å². The molecular formula is C26H37F2N2O7+. The molecule has 11 heteroatoms. The number of ether oxygens (including phenoxy) is 1. The zero-order valence-electron chi connectivity index (χ0n) is 21.6. The standard InChI is InChI=1S/C26H36F2N2O7/c1-13(32)6-5-7-22(34)30(14(2)15(30)3)18-9-8-17(19(11-18)26(27)28)10-20-23(29-16(4)33)25(36)24(35)21(12-31)37-20/h8-9,11,14-15,20-21,23-26,31,35-36H,5-7,10,12H2,1-4H3/p+1/t14-,15?,20-,21?,23?,24+,25+,30?/m0/s1. The number of nitrogens with zero attached hydrogens (tertiary/aromatic N) is 1. The third-order valence-electron chi connectivity index (χ3n) is 7.84. The number of nitrogens with one attached hydrogen (secondary N) is 1. The molecule has 2 amide bonds. The van der Waals surface area contributed by atoms with Crippen molar-refractivity contribution in [3.63, 3.8) is 0 Å². The van der Waals surface area contributed by atoms with Crippen LogP contribution in [0.4, 0.5) is 14.5 Å². The van der Waals surface area contributed by atoms with Crippen molar-refractivity contribution < 1.29 is 43.2 Å². The van der Waals surface area contributed by atoms with Gasteiger partial charge in [-0.05, 0) is 38.8 Å². The van der Waals surface area contributed by atoms with Gasteiger partial charge in [0.25, 0.3) is 6.43 Å². The van der Waals surface area contributed by atoms with E-state index in [-0.39, 0.29) is 58.6 Å². The number of ketones is 1. The number of hydrogen-bond donors (Lipinski definition) is 4. The van der Waals surface area contributed by atoms with Crippen LogP contribution in [-0.4, -0.2) is 82.1 Å². The summed E-state index contributed by atoms with van der Waals surface area (Å²) in [4.78, 5) is 36.2. The minimum absolute atomic E-state index is 0.0147. The Hall–Kier alpha value is -2.31. The van der Waals surface area contributed by atoms with Gasteiger partial charge in [-0.15, -0.1) is 0 Å². The molecule has 8 atom stereocenters. The molecule has 1 aromatic carbocycles. The Kier molecular flexibility index (Phi) is 9.18. The molecule has 37 heavy (non-hydrogen) atoms. The number of aliphatic hydroxyl groups excluding tert-OH is 3. The van der Waals surface area contributed by atoms with Gasteiger partial charge in [-0.2, -0.15) is 0 Å². The lowest BCUT2D eigenvalue weighted by atomic mass is 9.88. The van der Waals surface area contributed by atoms with Crippen molar-refractivity contribution in [2.75, 3.05) is 6.61 Å². The number of carbonyl (C=O) groups is 3. The van der Waals surface area contributed by atoms with E-state index in [0.29, 0.717) is 12.1 Å². The fourth-order valence-electron chi connectivity index (χ4n) is 5.63. The first-order valence-corrected chi connectivity index (χ1v) is 12.6. The minimum atomic E-state index is -2.87. The summed E-state index contributed by atoms with van der Waals surface area (Å²) < 4.78 is 34.2. The summed E-state index contributed by atoms with van der Waals surface area (Å²) in [5.74, 6) is -0.645. The molecule has 2 aliphatic rings. The number of halogens is 2. The summed E-state index contributed by atoms with van der Waals surface area (Å²) in [6.45, 7) is 5.85. The maximum atomic E-state index is 14.3. The molecule has 0 radical (unpaired) electrons. The molecule has 0 aromatic heterocycles. The summed E-state index contributed by atoms with van der Waals surface area (Å²) >= 11 is 0. The molecule has 0 saturated carbocycles. The first-order chi connectivity index (χ1) is 17.4. The second kappa shape index (κ2) is 11.6. The number of hydrogen-bond acceptors (Lipinski definition) is 7. The van der Waals surface area contributed by atoms with Crippen molar-refractivity contribution in [3.8, 4) is 0 Å². The Morgan fingerprint density at radius 2 is 1.70 bits per heavy atom. The maximum absolute atomic E-state index is 14.3. The third kappa shape index (κ3) is 5.75. The van der Waals surface area contributed by atoms with E-state index in [1.165, 1.54) is 26.0 Å². The SMILES string of the molecule is CC(=O)CCCC(=O)[N+]1(c2ccc(C[C@@H]3OC(CO)[C@@H](O)[C@H](O)C3NC(C)=O)c(C(F)F)c2)C(C)[C@@H]1C. The lowest BCUT2D eigenvalue weighted by Gasteiger charge is -2.43. The highest BCUT2D eigenvalue weighted by Gasteiger charge is 2.67. The van der Waals surface area contributed by atoms with Crippen LogP contribution in [-0.2, 0) is 25.5 Å². The number of benzene rings is 1. The number of amides is 2. The number of quaternary nitrogens is 1. The average molecular weight is 528 g/mol. The molecule has 2 aliphatic heterocycles. The van der Waals surface area contributed by atoms with E-state index in [9.17, 15) is 38.5 Å². The van der Waals surface area contributed by atoms with Gasteiger partial charge in [0.05, 0.1) is 25.2 Å². The van der Waals surface area contributed by atoms with Gasteiger partial charge in [0.2, 0.25) is 5.91 Å². The molecule has 0 aliphatic carbocycles. The molecule has 2 fully saturated rings. The van der Waals surface area contributed by atoms with Crippen LogP contribution in [0.15, 0.2) is 18.2 Å². The van der Waals surface area contributed by atoms with Crippen molar-refractivity contribution in [2.45, 2.75) is 102 Å². The smallest absolute Gasteiger partial charge is 0.319 e. The lowest BCUT2D eigenvalue weighted by molar-refractivity contribution is -0.194. The summed E-state index contributed by atoms with van der Waals surface area (Å²) in [6, 6.07) is 3.16. The van der Waals surface area contributed by atoms with Crippen LogP contribution in [0.1, 0.15) is 64.5 Å². The van der Waals surface area contributed by atoms with E-state index in [4.69, 9.17) is 4.74 Å². The number of carbonyl (C=O) groups excluding carboxylic acids is 3. The lowest BCUT2D eigenvalue weighted by Crippen LogP contribution is -2.64. The van der Waals surface area contributed by atoms with Gasteiger partial charge in [0.1, 0.15) is 29.8 Å². The normalized spacial score (nSPS) is 33.3. The zero-order chi connectivity index (χ0) is 27.7. The Morgan fingerprint density at radius 1 is 1.05 bits per heavy atom. The van der Waals surface area contributed by atoms with E-state index in [1.54, 1.807) is 6.07 Å². The molecule has 2 heterocycles. The minimum Gasteiger partial charge on any atom is -0.394 e. The molecule has 0 spiro atoms. The predicted molar refractivity (Wildman–Crippen MR) is 131 cm³/mol. The predicted octanol–water partition coefficient (Wildman–Crippen LogP) is 1.54. The van der Waals surface area contributed by atoms with Crippen LogP contribution < -0.4 is 9.80 Å². The molecule has 0 bridgehead atoms. The van der Waals surface area contributed by atoms with E-state index < -0.39 is 49.4 Å². The van der Waals surface area contributed by atoms with Crippen molar-refractivity contribution in [1.29, 1.82) is 0 Å². The Balaban J connectivity index is 1.92. The van der Waals surface area contributed by atoms with Crippen molar-refractivity contribution in [2.24, 2.45) is 0 Å². The van der Waals surface area contributed by atoms with Crippen molar-refractivity contribution in [3.05, 3.63) is 29.3 Å². The third-order valence-corrected chi connectivity index (χ3v) is 7.84. The summed E-state index contributed by atoms with van der Waals surface area (Å²) in [5.41, 5.74) is 0.339. The van der Waals surface area contributed by atoms with Gasteiger partial charge in [0, 0.05) is 31.4 Å². The quantitative estimate of drug-likeness (QED) is 0.268. The Bertz CT molecular complexity index is 1010. The van der Waals surface area contributed by atoms with Crippen LogP contribution in [0.25, 0.3) is 0 Å². The molecule has 206 valence electrons. The molecule has 3 rings (SSSR count). The van der Waals surface area contributed by atoms with E-state index in [0.717, 1.165) is 0 Å². The first-order valence-electron chi connectivity index (χ1n) is 12.6. The van der Waals surface area contributed by atoms with Gasteiger partial charge >= 0.3 is 5.91 Å². The van der Waals surface area contributed by atoms with Crippen molar-refractivity contribution in [1.82, 2.24) is 9.80 Å². The van der Waals surface area contributed by atoms with Gasteiger partial charge in [0.15, 0.2) is 12.1 Å². The van der Waals surface area contributed by atoms with Gasteiger partial charge in [-0.3, -0.25) is 4.79 Å². The topological polar surface area (TPSA) is 133 Å². The highest BCUT2D eigenvalue weighted by Crippen LogP contribution is 2.47. The summed E-state index contributed by atoms with van der Waals surface area (Å²) in [6.07, 6.45) is -7.27. The van der Waals surface area contributed by atoms with E-state index >= 15 is 0 Å². The van der Waals surface area contributed by atoms with E-state index in [2.05, 4.69) is 5.32 Å². The van der Waals surface area contributed by atoms with Crippen LogP contribution in [0.2, 0.25) is 0 Å². The number of alkyl halides is 2. The highest BCUT2D eigenvalue weighted by molar-refractivity contribution is 5.94.